The SMILES string of the molecule is CCCN1CCC[C@H]1c1cc(O)c2c(c1C(F)(F)F)C[C@H]1C[C@H]3[C@H](N(C)C)C(=O)C(C(N)=O)=C(O)[C@@]3(O)C(=O)C1=C2O. The van der Waals surface area contributed by atoms with E-state index in [0.717, 1.165) is 12.5 Å². The number of nitrogens with zero attached hydrogens (tertiary/aromatic N) is 2. The lowest BCUT2D eigenvalue weighted by Gasteiger charge is -2.50. The van der Waals surface area contributed by atoms with E-state index in [1.807, 2.05) is 11.8 Å². The summed E-state index contributed by atoms with van der Waals surface area (Å²) in [5.74, 6) is -8.91. The Morgan fingerprint density at radius 3 is 2.45 bits per heavy atom. The van der Waals surface area contributed by atoms with E-state index in [1.54, 1.807) is 0 Å². The number of phenols is 1. The highest BCUT2D eigenvalue weighted by atomic mass is 19.4. The molecule has 3 aliphatic carbocycles. The smallest absolute Gasteiger partial charge is 0.417 e. The van der Waals surface area contributed by atoms with Gasteiger partial charge in [-0.2, -0.15) is 13.2 Å². The standard InChI is InChI=1S/C29H34F3N3O7/c1-4-7-35-8-5-6-16(35)13-11-17(36)19-14(21(13)29(30,31)32)9-12-10-15-22(34(2)3)24(38)20(27(33)41)26(40)28(15,42)25(39)18(12)23(19)37/h11-12,15-16,22,36-37,40,42H,4-10H2,1-3H3,(H2,33,41)/t12-,15-,16-,22-,28-/m0/s1. The predicted molar refractivity (Wildman–Crippen MR) is 143 cm³/mol. The summed E-state index contributed by atoms with van der Waals surface area (Å²) in [5, 5.41) is 44.9. The highest BCUT2D eigenvalue weighted by molar-refractivity contribution is 6.24. The molecule has 2 fully saturated rings. The number of hydrogen-bond acceptors (Lipinski definition) is 9. The quantitative estimate of drug-likeness (QED) is 0.323. The maximum Gasteiger partial charge on any atom is 0.417 e. The van der Waals surface area contributed by atoms with Gasteiger partial charge in [0.05, 0.1) is 17.2 Å². The molecular weight excluding hydrogens is 559 g/mol. The third-order valence-electron chi connectivity index (χ3n) is 9.27. The van der Waals surface area contributed by atoms with Crippen molar-refractivity contribution in [2.24, 2.45) is 17.6 Å². The summed E-state index contributed by atoms with van der Waals surface area (Å²) in [4.78, 5) is 42.5. The van der Waals surface area contributed by atoms with Crippen molar-refractivity contribution in [1.29, 1.82) is 0 Å². The molecule has 42 heavy (non-hydrogen) atoms. The number of phenolic OH excluding ortho intramolecular Hbond substituents is 1. The largest absolute Gasteiger partial charge is 0.508 e. The predicted octanol–water partition coefficient (Wildman–Crippen LogP) is 2.53. The zero-order chi connectivity index (χ0) is 31.0. The second kappa shape index (κ2) is 10.1. The number of fused-ring (bicyclic) bond motifs is 3. The van der Waals surface area contributed by atoms with Crippen molar-refractivity contribution in [2.75, 3.05) is 27.2 Å². The molecule has 0 spiro atoms. The van der Waals surface area contributed by atoms with Crippen molar-refractivity contribution in [3.63, 3.8) is 0 Å². The first-order valence-electron chi connectivity index (χ1n) is 13.9. The van der Waals surface area contributed by atoms with E-state index in [2.05, 4.69) is 0 Å². The summed E-state index contributed by atoms with van der Waals surface area (Å²) < 4.78 is 44.5. The van der Waals surface area contributed by atoms with Crippen LogP contribution in [-0.4, -0.2) is 86.5 Å². The monoisotopic (exact) mass is 593 g/mol. The number of aliphatic hydroxyl groups is 3. The van der Waals surface area contributed by atoms with Crippen molar-refractivity contribution < 1.29 is 48.0 Å². The maximum absolute atomic E-state index is 14.8. The molecule has 0 radical (unpaired) electrons. The Kier molecular flexibility index (Phi) is 7.22. The molecule has 6 N–H and O–H groups in total. The lowest BCUT2D eigenvalue weighted by molar-refractivity contribution is -0.153. The molecule has 0 aromatic heterocycles. The number of benzene rings is 1. The van der Waals surface area contributed by atoms with Gasteiger partial charge in [-0.15, -0.1) is 0 Å². The Morgan fingerprint density at radius 1 is 1.21 bits per heavy atom. The van der Waals surface area contributed by atoms with E-state index in [1.165, 1.54) is 19.0 Å². The Morgan fingerprint density at radius 2 is 1.88 bits per heavy atom. The third-order valence-corrected chi connectivity index (χ3v) is 9.27. The first-order valence-corrected chi connectivity index (χ1v) is 13.9. The molecule has 0 bridgehead atoms. The summed E-state index contributed by atoms with van der Waals surface area (Å²) in [6, 6.07) is -0.941. The Bertz CT molecular complexity index is 1450. The second-order valence-corrected chi connectivity index (χ2v) is 11.9. The van der Waals surface area contributed by atoms with Gasteiger partial charge < -0.3 is 26.2 Å². The van der Waals surface area contributed by atoms with Gasteiger partial charge in [-0.1, -0.05) is 6.92 Å². The van der Waals surface area contributed by atoms with Crippen LogP contribution in [-0.2, 0) is 27.0 Å². The van der Waals surface area contributed by atoms with Crippen LogP contribution in [0.25, 0.3) is 5.76 Å². The zero-order valence-electron chi connectivity index (χ0n) is 23.5. The van der Waals surface area contributed by atoms with E-state index in [0.29, 0.717) is 25.9 Å². The van der Waals surface area contributed by atoms with E-state index in [4.69, 9.17) is 5.73 Å². The number of rotatable bonds is 5. The number of aliphatic hydroxyl groups excluding tert-OH is 2. The van der Waals surface area contributed by atoms with Gasteiger partial charge in [0.1, 0.15) is 22.8 Å². The van der Waals surface area contributed by atoms with Crippen LogP contribution in [0.4, 0.5) is 13.2 Å². The number of primary amides is 1. The fourth-order valence-electron chi connectivity index (χ4n) is 7.68. The van der Waals surface area contributed by atoms with Crippen molar-refractivity contribution in [3.05, 3.63) is 45.2 Å². The summed E-state index contributed by atoms with van der Waals surface area (Å²) in [5.41, 5.74) is -1.03. The van der Waals surface area contributed by atoms with Crippen LogP contribution in [0.1, 0.15) is 60.9 Å². The Balaban J connectivity index is 1.74. The first kappa shape index (κ1) is 30.1. The number of alkyl halides is 3. The minimum atomic E-state index is -4.87. The van der Waals surface area contributed by atoms with Crippen molar-refractivity contribution in [1.82, 2.24) is 9.80 Å². The zero-order valence-corrected chi connectivity index (χ0v) is 23.5. The van der Waals surface area contributed by atoms with Gasteiger partial charge in [0.2, 0.25) is 5.78 Å². The van der Waals surface area contributed by atoms with Crippen LogP contribution >= 0.6 is 0 Å². The molecule has 0 unspecified atom stereocenters. The molecule has 13 heteroatoms. The number of hydrogen-bond donors (Lipinski definition) is 5. The number of likely N-dealkylation sites (tertiary alicyclic amines) is 1. The maximum atomic E-state index is 14.8. The highest BCUT2D eigenvalue weighted by Crippen LogP contribution is 2.55. The molecule has 4 aliphatic rings. The number of carbonyl (C=O) groups excluding carboxylic acids is 3. The second-order valence-electron chi connectivity index (χ2n) is 11.9. The molecule has 1 amide bonds. The molecule has 1 aromatic carbocycles. The number of Topliss-reactive ketones (excluding diaryl/α,β-unsaturated/α-hetero) is 2. The first-order chi connectivity index (χ1) is 19.6. The number of likely N-dealkylation sites (N-methyl/N-ethyl adjacent to an activating group) is 1. The normalized spacial score (nSPS) is 30.1. The number of nitrogens with two attached hydrogens (primary N) is 1. The van der Waals surface area contributed by atoms with Gasteiger partial charge in [-0.25, -0.2) is 0 Å². The molecule has 1 heterocycles. The summed E-state index contributed by atoms with van der Waals surface area (Å²) in [6.45, 7) is 3.09. The number of amides is 1. The highest BCUT2D eigenvalue weighted by Gasteiger charge is 2.64. The third kappa shape index (κ3) is 4.15. The number of halogens is 3. The van der Waals surface area contributed by atoms with Crippen LogP contribution in [0, 0.1) is 11.8 Å². The number of aromatic hydroxyl groups is 1. The number of carbonyl (C=O) groups is 3. The molecule has 1 aromatic rings. The molecule has 1 saturated carbocycles. The topological polar surface area (TPSA) is 165 Å². The summed E-state index contributed by atoms with van der Waals surface area (Å²) >= 11 is 0. The van der Waals surface area contributed by atoms with Gasteiger partial charge in [0.15, 0.2) is 11.4 Å². The van der Waals surface area contributed by atoms with E-state index in [-0.39, 0.29) is 17.5 Å². The van der Waals surface area contributed by atoms with E-state index < -0.39 is 99.1 Å². The molecule has 1 saturated heterocycles. The molecule has 228 valence electrons. The Hall–Kier alpha value is -3.42. The summed E-state index contributed by atoms with van der Waals surface area (Å²) in [6.07, 6.45) is -3.73. The molecule has 5 atom stereocenters. The molecule has 10 nitrogen and oxygen atoms in total. The fourth-order valence-corrected chi connectivity index (χ4v) is 7.68. The van der Waals surface area contributed by atoms with E-state index in [9.17, 15) is 48.0 Å². The van der Waals surface area contributed by atoms with Crippen molar-refractivity contribution in [2.45, 2.75) is 62.9 Å². The lowest BCUT2D eigenvalue weighted by atomic mass is 9.57. The number of ketones is 2. The molecule has 5 rings (SSSR count). The van der Waals surface area contributed by atoms with Gasteiger partial charge >= 0.3 is 6.18 Å². The van der Waals surface area contributed by atoms with Gasteiger partial charge in [0.25, 0.3) is 5.91 Å². The van der Waals surface area contributed by atoms with Crippen LogP contribution in [0.5, 0.6) is 5.75 Å². The van der Waals surface area contributed by atoms with Crippen LogP contribution < -0.4 is 5.73 Å². The molecular formula is C29H34F3N3O7. The van der Waals surface area contributed by atoms with Gasteiger partial charge in [-0.05, 0) is 82.4 Å². The average molecular weight is 594 g/mol. The molecule has 1 aliphatic heterocycles. The minimum Gasteiger partial charge on any atom is -0.508 e. The fraction of sp³-hybridized carbons (Fsp3) is 0.552. The average Bonchev–Trinajstić information content (AvgIpc) is 3.33. The Labute approximate surface area is 239 Å². The lowest BCUT2D eigenvalue weighted by Crippen LogP contribution is -2.65. The van der Waals surface area contributed by atoms with Crippen LogP contribution in [0.3, 0.4) is 0 Å². The van der Waals surface area contributed by atoms with Gasteiger partial charge in [0, 0.05) is 17.5 Å². The minimum absolute atomic E-state index is 0.106. The van der Waals surface area contributed by atoms with E-state index >= 15 is 0 Å². The van der Waals surface area contributed by atoms with Crippen LogP contribution in [0.15, 0.2) is 23.0 Å². The van der Waals surface area contributed by atoms with Crippen molar-refractivity contribution >= 4 is 23.2 Å². The van der Waals surface area contributed by atoms with Gasteiger partial charge in [-0.3, -0.25) is 24.2 Å². The summed E-state index contributed by atoms with van der Waals surface area (Å²) in [7, 11) is 2.90. The van der Waals surface area contributed by atoms with Crippen molar-refractivity contribution in [3.8, 4) is 5.75 Å². The van der Waals surface area contributed by atoms with Crippen LogP contribution in [0.2, 0.25) is 0 Å².